The minimum Gasteiger partial charge on any atom is -0.329 e. The number of amides is 3. The molecule has 18 heavy (non-hydrogen) atoms. The van der Waals surface area contributed by atoms with Gasteiger partial charge in [0.2, 0.25) is 5.91 Å². The second-order valence-electron chi connectivity index (χ2n) is 4.36. The van der Waals surface area contributed by atoms with Gasteiger partial charge in [-0.25, -0.2) is 4.79 Å². The molecule has 94 valence electrons. The van der Waals surface area contributed by atoms with Crippen LogP contribution in [0.15, 0.2) is 18.2 Å². The van der Waals surface area contributed by atoms with Crippen molar-refractivity contribution in [2.45, 2.75) is 13.8 Å². The number of hydrogen-bond acceptors (Lipinski definition) is 3. The van der Waals surface area contributed by atoms with E-state index in [1.165, 1.54) is 0 Å². The lowest BCUT2D eigenvalue weighted by molar-refractivity contribution is -0.124. The smallest absolute Gasteiger partial charge is 0.325 e. The summed E-state index contributed by atoms with van der Waals surface area (Å²) in [5.74, 6) is -0.597. The third kappa shape index (κ3) is 2.25. The van der Waals surface area contributed by atoms with E-state index in [1.807, 2.05) is 19.9 Å². The number of nitrogens with one attached hydrogen (secondary N) is 1. The second kappa shape index (κ2) is 4.60. The zero-order valence-electron chi connectivity index (χ0n) is 10.3. The summed E-state index contributed by atoms with van der Waals surface area (Å²) >= 11 is 0. The largest absolute Gasteiger partial charge is 0.329 e. The SMILES string of the molecule is Cc1ccc(C(=O)CN2C(=O)CNC2=O)cc1C. The van der Waals surface area contributed by atoms with E-state index in [-0.39, 0.29) is 24.8 Å². The molecule has 0 atom stereocenters. The summed E-state index contributed by atoms with van der Waals surface area (Å²) in [6, 6.07) is 4.84. The molecule has 0 aliphatic carbocycles. The average molecular weight is 246 g/mol. The van der Waals surface area contributed by atoms with Gasteiger partial charge in [0.1, 0.15) is 0 Å². The molecule has 1 fully saturated rings. The maximum Gasteiger partial charge on any atom is 0.325 e. The van der Waals surface area contributed by atoms with Gasteiger partial charge in [0.25, 0.3) is 0 Å². The molecular weight excluding hydrogens is 232 g/mol. The number of hydrogen-bond donors (Lipinski definition) is 1. The van der Waals surface area contributed by atoms with Crippen molar-refractivity contribution in [3.05, 3.63) is 34.9 Å². The normalized spacial score (nSPS) is 14.9. The van der Waals surface area contributed by atoms with E-state index in [4.69, 9.17) is 0 Å². The number of nitrogens with zero attached hydrogens (tertiary/aromatic N) is 1. The fourth-order valence-corrected chi connectivity index (χ4v) is 1.77. The summed E-state index contributed by atoms with van der Waals surface area (Å²) in [6.07, 6.45) is 0. The van der Waals surface area contributed by atoms with Crippen LogP contribution < -0.4 is 5.32 Å². The summed E-state index contributed by atoms with van der Waals surface area (Å²) < 4.78 is 0. The first-order chi connectivity index (χ1) is 8.49. The minimum absolute atomic E-state index is 0.0287. The van der Waals surface area contributed by atoms with Crippen LogP contribution >= 0.6 is 0 Å². The van der Waals surface area contributed by atoms with Gasteiger partial charge in [-0.15, -0.1) is 0 Å². The van der Waals surface area contributed by atoms with Crippen LogP contribution in [-0.2, 0) is 4.79 Å². The Morgan fingerprint density at radius 2 is 2.00 bits per heavy atom. The van der Waals surface area contributed by atoms with Gasteiger partial charge in [-0.2, -0.15) is 0 Å². The number of aryl methyl sites for hydroxylation is 2. The number of Topliss-reactive ketones (excluding diaryl/α,β-unsaturated/α-hetero) is 1. The molecule has 5 heteroatoms. The Labute approximate surface area is 105 Å². The second-order valence-corrected chi connectivity index (χ2v) is 4.36. The zero-order chi connectivity index (χ0) is 13.3. The van der Waals surface area contributed by atoms with Crippen LogP contribution in [0.3, 0.4) is 0 Å². The number of benzene rings is 1. The van der Waals surface area contributed by atoms with Gasteiger partial charge in [-0.05, 0) is 31.0 Å². The Hall–Kier alpha value is -2.17. The van der Waals surface area contributed by atoms with Crippen LogP contribution in [0.2, 0.25) is 0 Å². The summed E-state index contributed by atoms with van der Waals surface area (Å²) in [6.45, 7) is 3.65. The van der Waals surface area contributed by atoms with Gasteiger partial charge < -0.3 is 5.32 Å². The van der Waals surface area contributed by atoms with Crippen molar-refractivity contribution < 1.29 is 14.4 Å². The Balaban J connectivity index is 2.14. The lowest BCUT2D eigenvalue weighted by atomic mass is 10.0. The average Bonchev–Trinajstić information content (AvgIpc) is 2.64. The minimum atomic E-state index is -0.503. The van der Waals surface area contributed by atoms with Gasteiger partial charge >= 0.3 is 6.03 Å². The van der Waals surface area contributed by atoms with Crippen LogP contribution in [0.1, 0.15) is 21.5 Å². The number of ketones is 1. The summed E-state index contributed by atoms with van der Waals surface area (Å²) in [7, 11) is 0. The van der Waals surface area contributed by atoms with Crippen molar-refractivity contribution in [1.82, 2.24) is 10.2 Å². The molecule has 0 aromatic heterocycles. The van der Waals surface area contributed by atoms with E-state index in [0.29, 0.717) is 5.56 Å². The fraction of sp³-hybridized carbons (Fsp3) is 0.308. The fourth-order valence-electron chi connectivity index (χ4n) is 1.77. The van der Waals surface area contributed by atoms with Crippen LogP contribution in [-0.4, -0.2) is 35.7 Å². The zero-order valence-corrected chi connectivity index (χ0v) is 10.3. The predicted octanol–water partition coefficient (Wildman–Crippen LogP) is 1.04. The van der Waals surface area contributed by atoms with Crippen molar-refractivity contribution in [1.29, 1.82) is 0 Å². The molecule has 1 heterocycles. The van der Waals surface area contributed by atoms with Gasteiger partial charge in [0.05, 0.1) is 13.1 Å². The van der Waals surface area contributed by atoms with Crippen LogP contribution in [0.5, 0.6) is 0 Å². The quantitative estimate of drug-likeness (QED) is 0.640. The number of urea groups is 1. The van der Waals surface area contributed by atoms with Gasteiger partial charge in [0, 0.05) is 5.56 Å². The molecular formula is C13H14N2O3. The van der Waals surface area contributed by atoms with Crippen molar-refractivity contribution in [2.75, 3.05) is 13.1 Å². The molecule has 1 aromatic rings. The molecule has 0 unspecified atom stereocenters. The van der Waals surface area contributed by atoms with Crippen LogP contribution in [0.25, 0.3) is 0 Å². The highest BCUT2D eigenvalue weighted by Crippen LogP contribution is 2.11. The third-order valence-corrected chi connectivity index (χ3v) is 3.07. The van der Waals surface area contributed by atoms with Crippen LogP contribution in [0, 0.1) is 13.8 Å². The van der Waals surface area contributed by atoms with Crippen molar-refractivity contribution in [3.8, 4) is 0 Å². The Morgan fingerprint density at radius 1 is 1.28 bits per heavy atom. The van der Waals surface area contributed by atoms with Gasteiger partial charge in [0.15, 0.2) is 5.78 Å². The molecule has 0 spiro atoms. The highest BCUT2D eigenvalue weighted by Gasteiger charge is 2.30. The number of carbonyl (C=O) groups is 3. The first kappa shape index (κ1) is 12.3. The third-order valence-electron chi connectivity index (χ3n) is 3.07. The maximum atomic E-state index is 12.0. The summed E-state index contributed by atoms with van der Waals surface area (Å²) in [4.78, 5) is 35.6. The van der Waals surface area contributed by atoms with E-state index in [1.54, 1.807) is 12.1 Å². The predicted molar refractivity (Wildman–Crippen MR) is 65.4 cm³/mol. The molecule has 1 aliphatic rings. The highest BCUT2D eigenvalue weighted by atomic mass is 16.2. The number of rotatable bonds is 3. The number of carbonyl (C=O) groups excluding carboxylic acids is 3. The van der Waals surface area contributed by atoms with E-state index in [0.717, 1.165) is 16.0 Å². The highest BCUT2D eigenvalue weighted by molar-refractivity contribution is 6.07. The standard InChI is InChI=1S/C13H14N2O3/c1-8-3-4-10(5-9(8)2)11(16)7-15-12(17)6-14-13(15)18/h3-5H,6-7H2,1-2H3,(H,14,18). The Kier molecular flexibility index (Phi) is 3.14. The van der Waals surface area contributed by atoms with Crippen LogP contribution in [0.4, 0.5) is 4.79 Å². The molecule has 0 bridgehead atoms. The molecule has 0 radical (unpaired) electrons. The lowest BCUT2D eigenvalue weighted by Crippen LogP contribution is -2.35. The monoisotopic (exact) mass is 246 g/mol. The molecule has 1 aliphatic heterocycles. The van der Waals surface area contributed by atoms with E-state index in [2.05, 4.69) is 5.32 Å². The molecule has 1 aromatic carbocycles. The van der Waals surface area contributed by atoms with E-state index < -0.39 is 6.03 Å². The summed E-state index contributed by atoms with van der Waals surface area (Å²) in [5, 5.41) is 2.38. The molecule has 1 saturated heterocycles. The molecule has 1 N–H and O–H groups in total. The topological polar surface area (TPSA) is 66.5 Å². The maximum absolute atomic E-state index is 12.0. The molecule has 3 amide bonds. The molecule has 0 saturated carbocycles. The Morgan fingerprint density at radius 3 is 2.56 bits per heavy atom. The Bertz CT molecular complexity index is 521. The van der Waals surface area contributed by atoms with Crippen molar-refractivity contribution in [3.63, 3.8) is 0 Å². The summed E-state index contributed by atoms with van der Waals surface area (Å²) in [5.41, 5.74) is 2.63. The first-order valence-corrected chi connectivity index (χ1v) is 5.67. The van der Waals surface area contributed by atoms with E-state index in [9.17, 15) is 14.4 Å². The lowest BCUT2D eigenvalue weighted by Gasteiger charge is -2.11. The van der Waals surface area contributed by atoms with Gasteiger partial charge in [-0.3, -0.25) is 14.5 Å². The van der Waals surface area contributed by atoms with E-state index >= 15 is 0 Å². The van der Waals surface area contributed by atoms with Crippen molar-refractivity contribution in [2.24, 2.45) is 0 Å². The number of imide groups is 1. The molecule has 5 nitrogen and oxygen atoms in total. The first-order valence-electron chi connectivity index (χ1n) is 5.67. The van der Waals surface area contributed by atoms with Crippen molar-refractivity contribution >= 4 is 17.7 Å². The van der Waals surface area contributed by atoms with Gasteiger partial charge in [-0.1, -0.05) is 12.1 Å². The molecule has 2 rings (SSSR count).